The van der Waals surface area contributed by atoms with Crippen molar-refractivity contribution in [3.05, 3.63) is 40.2 Å². The van der Waals surface area contributed by atoms with E-state index in [1.54, 1.807) is 21.9 Å². The first-order valence-corrected chi connectivity index (χ1v) is 11.0. The van der Waals surface area contributed by atoms with Gasteiger partial charge in [-0.15, -0.1) is 0 Å². The van der Waals surface area contributed by atoms with Gasteiger partial charge in [0.15, 0.2) is 5.06 Å². The third-order valence-electron chi connectivity index (χ3n) is 4.95. The summed E-state index contributed by atoms with van der Waals surface area (Å²) in [6, 6.07) is 10.7. The molecule has 1 aromatic carbocycles. The summed E-state index contributed by atoms with van der Waals surface area (Å²) in [7, 11) is 0. The maximum absolute atomic E-state index is 12.6. The van der Waals surface area contributed by atoms with Gasteiger partial charge in [0.25, 0.3) is 5.91 Å². The molecule has 8 nitrogen and oxygen atoms in total. The maximum atomic E-state index is 12.6. The van der Waals surface area contributed by atoms with Gasteiger partial charge in [0.2, 0.25) is 5.91 Å². The molecule has 2 fully saturated rings. The quantitative estimate of drug-likeness (QED) is 0.706. The second-order valence-corrected chi connectivity index (χ2v) is 9.83. The van der Waals surface area contributed by atoms with Gasteiger partial charge in [-0.2, -0.15) is 0 Å². The topological polar surface area (TPSA) is 88.2 Å². The highest BCUT2D eigenvalue weighted by Gasteiger charge is 2.41. The molecule has 3 amide bonds. The van der Waals surface area contributed by atoms with Crippen molar-refractivity contribution in [2.45, 2.75) is 18.9 Å². The number of nitrogens with zero attached hydrogens (tertiary/aromatic N) is 2. The molecule has 4 rings (SSSR count). The molecule has 2 aliphatic heterocycles. The summed E-state index contributed by atoms with van der Waals surface area (Å²) in [5.41, 5.74) is 0.734. The van der Waals surface area contributed by atoms with Gasteiger partial charge >= 0.3 is 6.09 Å². The molecule has 1 aromatic heterocycles. The van der Waals surface area contributed by atoms with Crippen LogP contribution in [0.25, 0.3) is 0 Å². The lowest BCUT2D eigenvalue weighted by Crippen LogP contribution is -2.49. The summed E-state index contributed by atoms with van der Waals surface area (Å²) < 4.78 is 11.3. The zero-order valence-electron chi connectivity index (χ0n) is 16.2. The van der Waals surface area contributed by atoms with Crippen LogP contribution >= 0.6 is 27.3 Å². The van der Waals surface area contributed by atoms with Crippen LogP contribution in [-0.4, -0.2) is 49.7 Å². The van der Waals surface area contributed by atoms with E-state index in [4.69, 9.17) is 9.47 Å². The standard InChI is InChI=1S/C20H20BrN3O5S/c1-20(22-19(27)29-18-7-6-15(21)30-18)10-16(25)24(12-20)14-4-2-13(3-5-14)23-8-9-28-11-17(23)26/h2-7H,8-12H2,1H3,(H,22,27). The van der Waals surface area contributed by atoms with Crippen molar-refractivity contribution in [3.8, 4) is 5.06 Å². The lowest BCUT2D eigenvalue weighted by molar-refractivity contribution is -0.125. The van der Waals surface area contributed by atoms with Crippen LogP contribution < -0.4 is 19.9 Å². The molecule has 0 bridgehead atoms. The fourth-order valence-electron chi connectivity index (χ4n) is 3.56. The third kappa shape index (κ3) is 4.50. The number of nitrogens with one attached hydrogen (secondary N) is 1. The number of amides is 3. The molecule has 30 heavy (non-hydrogen) atoms. The molecular weight excluding hydrogens is 474 g/mol. The lowest BCUT2D eigenvalue weighted by Gasteiger charge is -2.28. The summed E-state index contributed by atoms with van der Waals surface area (Å²) in [5, 5.41) is 3.28. The Balaban J connectivity index is 1.41. The predicted molar refractivity (Wildman–Crippen MR) is 116 cm³/mol. The number of anilines is 2. The van der Waals surface area contributed by atoms with E-state index in [9.17, 15) is 14.4 Å². The molecule has 2 aliphatic rings. The molecule has 0 radical (unpaired) electrons. The van der Waals surface area contributed by atoms with E-state index < -0.39 is 11.6 Å². The molecule has 1 atom stereocenters. The van der Waals surface area contributed by atoms with Gasteiger partial charge in [0, 0.05) is 24.5 Å². The number of halogens is 1. The van der Waals surface area contributed by atoms with E-state index in [0.29, 0.717) is 30.4 Å². The van der Waals surface area contributed by atoms with Crippen molar-refractivity contribution in [1.82, 2.24) is 5.32 Å². The predicted octanol–water partition coefficient (Wildman–Crippen LogP) is 3.16. The smallest absolute Gasteiger partial charge is 0.399 e. The molecule has 0 saturated carbocycles. The van der Waals surface area contributed by atoms with Crippen molar-refractivity contribution < 1.29 is 23.9 Å². The number of hydrogen-bond acceptors (Lipinski definition) is 6. The summed E-state index contributed by atoms with van der Waals surface area (Å²) in [6.07, 6.45) is -0.428. The summed E-state index contributed by atoms with van der Waals surface area (Å²) in [6.45, 7) is 3.23. The molecule has 3 heterocycles. The monoisotopic (exact) mass is 493 g/mol. The molecule has 158 valence electrons. The van der Waals surface area contributed by atoms with Gasteiger partial charge in [-0.25, -0.2) is 4.79 Å². The minimum atomic E-state index is -0.749. The van der Waals surface area contributed by atoms with Gasteiger partial charge in [-0.1, -0.05) is 11.3 Å². The fraction of sp³-hybridized carbons (Fsp3) is 0.350. The Hall–Kier alpha value is -2.43. The minimum absolute atomic E-state index is 0.0783. The van der Waals surface area contributed by atoms with Crippen LogP contribution in [0.2, 0.25) is 0 Å². The summed E-state index contributed by atoms with van der Waals surface area (Å²) in [4.78, 5) is 40.2. The van der Waals surface area contributed by atoms with Crippen molar-refractivity contribution in [1.29, 1.82) is 0 Å². The lowest BCUT2D eigenvalue weighted by atomic mass is 10.0. The molecule has 10 heteroatoms. The number of morpholine rings is 1. The number of rotatable bonds is 4. The van der Waals surface area contributed by atoms with E-state index in [2.05, 4.69) is 21.2 Å². The number of carbonyl (C=O) groups is 3. The first-order chi connectivity index (χ1) is 14.3. The SMILES string of the molecule is CC1(NC(=O)Oc2ccc(Br)s2)CC(=O)N(c2ccc(N3CCOCC3=O)cc2)C1. The average molecular weight is 494 g/mol. The first kappa shape index (κ1) is 20.8. The first-order valence-electron chi connectivity index (χ1n) is 9.37. The molecule has 1 N–H and O–H groups in total. The molecule has 2 aromatic rings. The molecule has 2 saturated heterocycles. The minimum Gasteiger partial charge on any atom is -0.399 e. The molecular formula is C20H20BrN3O5S. The number of ether oxygens (including phenoxy) is 2. The Kier molecular flexibility index (Phi) is 5.81. The molecule has 0 spiro atoms. The highest BCUT2D eigenvalue weighted by molar-refractivity contribution is 9.11. The summed E-state index contributed by atoms with van der Waals surface area (Å²) in [5.74, 6) is -0.175. The van der Waals surface area contributed by atoms with E-state index in [0.717, 1.165) is 9.47 Å². The van der Waals surface area contributed by atoms with Crippen LogP contribution in [0.3, 0.4) is 0 Å². The van der Waals surface area contributed by atoms with E-state index in [-0.39, 0.29) is 24.8 Å². The zero-order chi connectivity index (χ0) is 21.3. The van der Waals surface area contributed by atoms with Crippen LogP contribution in [0.1, 0.15) is 13.3 Å². The Labute approximate surface area is 185 Å². The Bertz CT molecular complexity index is 979. The van der Waals surface area contributed by atoms with Crippen LogP contribution in [0.5, 0.6) is 5.06 Å². The summed E-state index contributed by atoms with van der Waals surface area (Å²) >= 11 is 4.63. The van der Waals surface area contributed by atoms with E-state index >= 15 is 0 Å². The zero-order valence-corrected chi connectivity index (χ0v) is 18.6. The van der Waals surface area contributed by atoms with Gasteiger partial charge < -0.3 is 24.6 Å². The van der Waals surface area contributed by atoms with Crippen molar-refractivity contribution in [2.24, 2.45) is 0 Å². The highest BCUT2D eigenvalue weighted by atomic mass is 79.9. The maximum Gasteiger partial charge on any atom is 0.413 e. The van der Waals surface area contributed by atoms with Gasteiger partial charge in [-0.05, 0) is 59.3 Å². The van der Waals surface area contributed by atoms with Gasteiger partial charge in [0.05, 0.1) is 22.4 Å². The van der Waals surface area contributed by atoms with Crippen LogP contribution in [0, 0.1) is 0 Å². The van der Waals surface area contributed by atoms with E-state index in [1.807, 2.05) is 31.2 Å². The number of carbonyl (C=O) groups excluding carboxylic acids is 3. The van der Waals surface area contributed by atoms with Crippen molar-refractivity contribution in [3.63, 3.8) is 0 Å². The van der Waals surface area contributed by atoms with Gasteiger partial charge in [-0.3, -0.25) is 9.59 Å². The normalized spacial score (nSPS) is 21.8. The van der Waals surface area contributed by atoms with Crippen LogP contribution in [0.4, 0.5) is 16.2 Å². The fourth-order valence-corrected chi connectivity index (χ4v) is 4.75. The molecule has 1 unspecified atom stereocenters. The number of benzene rings is 1. The second kappa shape index (κ2) is 8.37. The van der Waals surface area contributed by atoms with E-state index in [1.165, 1.54) is 11.3 Å². The van der Waals surface area contributed by atoms with Crippen LogP contribution in [-0.2, 0) is 14.3 Å². The Morgan fingerprint density at radius 2 is 1.83 bits per heavy atom. The third-order valence-corrected chi connectivity index (χ3v) is 6.46. The van der Waals surface area contributed by atoms with Crippen LogP contribution in [0.15, 0.2) is 40.2 Å². The van der Waals surface area contributed by atoms with Crippen molar-refractivity contribution in [2.75, 3.05) is 36.1 Å². The largest absolute Gasteiger partial charge is 0.413 e. The van der Waals surface area contributed by atoms with Gasteiger partial charge in [0.1, 0.15) is 6.61 Å². The average Bonchev–Trinajstić information content (AvgIpc) is 3.24. The number of thiophene rings is 1. The highest BCUT2D eigenvalue weighted by Crippen LogP contribution is 2.31. The Morgan fingerprint density at radius 3 is 2.47 bits per heavy atom. The second-order valence-electron chi connectivity index (χ2n) is 7.40. The Morgan fingerprint density at radius 1 is 1.13 bits per heavy atom. The number of hydrogen-bond donors (Lipinski definition) is 1. The van der Waals surface area contributed by atoms with Crippen molar-refractivity contribution >= 4 is 56.5 Å². The molecule has 0 aliphatic carbocycles.